The van der Waals surface area contributed by atoms with Gasteiger partial charge in [-0.25, -0.2) is 11.0 Å². The van der Waals surface area contributed by atoms with Gasteiger partial charge in [0.2, 0.25) is 11.8 Å². The Kier molecular flexibility index (Phi) is 21.8. The SMILES string of the molecule is COc1cc2cc(c1)COCc1cnn(C)c1NC(=O)C(CCCCCC(=O)NO)OCCC2.COc1cc2cc(c1)COc1ccncc1NC(=O)C(CCCCCC(=O)NO)OCCC2. The van der Waals surface area contributed by atoms with Crippen LogP contribution in [0.1, 0.15) is 105 Å². The molecule has 6 rings (SSSR count). The van der Waals surface area contributed by atoms with E-state index >= 15 is 0 Å². The van der Waals surface area contributed by atoms with Gasteiger partial charge in [0, 0.05) is 50.9 Å². The van der Waals surface area contributed by atoms with Gasteiger partial charge in [-0.1, -0.05) is 37.8 Å². The summed E-state index contributed by atoms with van der Waals surface area (Å²) in [5.74, 6) is 1.37. The lowest BCUT2D eigenvalue weighted by Gasteiger charge is -2.20. The number of nitrogens with one attached hydrogen (secondary N) is 4. The van der Waals surface area contributed by atoms with Crippen LogP contribution in [0.15, 0.2) is 61.1 Å². The van der Waals surface area contributed by atoms with E-state index in [0.29, 0.717) is 82.4 Å². The first-order chi connectivity index (χ1) is 32.6. The van der Waals surface area contributed by atoms with Crippen molar-refractivity contribution in [1.29, 1.82) is 0 Å². The number of benzene rings is 2. The molecule has 2 aromatic carbocycles. The number of aryl methyl sites for hydroxylation is 3. The number of anilines is 2. The van der Waals surface area contributed by atoms with E-state index in [1.54, 1.807) is 61.6 Å². The molecule has 4 aromatic rings. The topological polar surface area (TPSA) is 243 Å². The monoisotopic (exact) mass is 931 g/mol. The minimum absolute atomic E-state index is 0.227. The number of ether oxygens (including phenoxy) is 6. The lowest BCUT2D eigenvalue weighted by molar-refractivity contribution is -0.130. The molecule has 0 aliphatic carbocycles. The molecular formula is C48H65N7O12. The number of hydroxylamine groups is 2. The van der Waals surface area contributed by atoms with Gasteiger partial charge < -0.3 is 39.1 Å². The van der Waals surface area contributed by atoms with Crippen LogP contribution in [-0.2, 0) is 73.1 Å². The molecular weight excluding hydrogens is 867 g/mol. The van der Waals surface area contributed by atoms with E-state index in [0.717, 1.165) is 84.3 Å². The minimum Gasteiger partial charge on any atom is -0.497 e. The van der Waals surface area contributed by atoms with Crippen LogP contribution in [0.3, 0.4) is 0 Å². The van der Waals surface area contributed by atoms with E-state index < -0.39 is 24.0 Å². The van der Waals surface area contributed by atoms with Gasteiger partial charge in [0.15, 0.2) is 0 Å². The van der Waals surface area contributed by atoms with Gasteiger partial charge in [-0.2, -0.15) is 5.10 Å². The third-order valence-corrected chi connectivity index (χ3v) is 11.2. The number of rotatable bonds is 14. The first-order valence-electron chi connectivity index (χ1n) is 22.8. The highest BCUT2D eigenvalue weighted by molar-refractivity contribution is 5.95. The number of nitrogens with zero attached hydrogens (tertiary/aromatic N) is 3. The van der Waals surface area contributed by atoms with Crippen LogP contribution in [0, 0.1) is 0 Å². The minimum atomic E-state index is -0.631. The van der Waals surface area contributed by atoms with E-state index in [4.69, 9.17) is 38.8 Å². The molecule has 2 atom stereocenters. The molecule has 4 amide bonds. The number of methoxy groups -OCH3 is 2. The molecule has 19 nitrogen and oxygen atoms in total. The average Bonchev–Trinajstić information content (AvgIpc) is 3.68. The zero-order valence-electron chi connectivity index (χ0n) is 38.7. The molecule has 364 valence electrons. The van der Waals surface area contributed by atoms with Crippen molar-refractivity contribution >= 4 is 35.1 Å². The first kappa shape index (κ1) is 51.9. The zero-order valence-corrected chi connectivity index (χ0v) is 38.7. The molecule has 2 aliphatic rings. The average molecular weight is 932 g/mol. The van der Waals surface area contributed by atoms with Crippen molar-refractivity contribution in [3.05, 3.63) is 88.9 Å². The quantitative estimate of drug-likeness (QED) is 0.0464. The zero-order chi connectivity index (χ0) is 47.8. The third kappa shape index (κ3) is 17.6. The van der Waals surface area contributed by atoms with Gasteiger partial charge in [0.05, 0.1) is 39.8 Å². The summed E-state index contributed by atoms with van der Waals surface area (Å²) in [5, 5.41) is 27.3. The number of carbonyl (C=O) groups is 4. The summed E-state index contributed by atoms with van der Waals surface area (Å²) in [7, 11) is 5.06. The van der Waals surface area contributed by atoms with Gasteiger partial charge in [0.1, 0.15) is 47.6 Å². The number of pyridine rings is 1. The highest BCUT2D eigenvalue weighted by atomic mass is 16.5. The Morgan fingerprint density at radius 3 is 1.85 bits per heavy atom. The Morgan fingerprint density at radius 2 is 1.28 bits per heavy atom. The Balaban J connectivity index is 0.000000251. The second-order valence-corrected chi connectivity index (χ2v) is 16.3. The maximum absolute atomic E-state index is 13.1. The van der Waals surface area contributed by atoms with Crippen LogP contribution < -0.4 is 35.8 Å². The van der Waals surface area contributed by atoms with Gasteiger partial charge in [0.25, 0.3) is 11.8 Å². The third-order valence-electron chi connectivity index (χ3n) is 11.2. The predicted octanol–water partition coefficient (Wildman–Crippen LogP) is 6.27. The van der Waals surface area contributed by atoms with E-state index in [1.807, 2.05) is 24.3 Å². The highest BCUT2D eigenvalue weighted by Crippen LogP contribution is 2.27. The molecule has 2 aromatic heterocycles. The van der Waals surface area contributed by atoms with E-state index in [-0.39, 0.29) is 24.7 Å². The molecule has 2 unspecified atom stereocenters. The number of unbranched alkanes of at least 4 members (excludes halogenated alkanes) is 4. The van der Waals surface area contributed by atoms with E-state index in [9.17, 15) is 19.2 Å². The molecule has 67 heavy (non-hydrogen) atoms. The Labute approximate surface area is 391 Å². The maximum atomic E-state index is 13.1. The largest absolute Gasteiger partial charge is 0.497 e. The van der Waals surface area contributed by atoms with Gasteiger partial charge in [-0.05, 0) is 97.9 Å². The van der Waals surface area contributed by atoms with Crippen LogP contribution in [0.5, 0.6) is 17.2 Å². The summed E-state index contributed by atoms with van der Waals surface area (Å²) in [6, 6.07) is 13.8. The molecule has 0 fully saturated rings. The summed E-state index contributed by atoms with van der Waals surface area (Å²) in [6.07, 6.45) is 12.4. The molecule has 6 N–H and O–H groups in total. The smallest absolute Gasteiger partial charge is 0.254 e. The Hall–Kier alpha value is -6.12. The van der Waals surface area contributed by atoms with Crippen LogP contribution in [0.4, 0.5) is 11.5 Å². The fourth-order valence-corrected chi connectivity index (χ4v) is 7.63. The van der Waals surface area contributed by atoms with Gasteiger partial charge in [-0.15, -0.1) is 0 Å². The van der Waals surface area contributed by atoms with Crippen LogP contribution in [0.2, 0.25) is 0 Å². The second-order valence-electron chi connectivity index (χ2n) is 16.3. The first-order valence-corrected chi connectivity index (χ1v) is 22.8. The number of carbonyl (C=O) groups excluding carboxylic acids is 4. The van der Waals surface area contributed by atoms with Crippen molar-refractivity contribution in [2.24, 2.45) is 7.05 Å². The van der Waals surface area contributed by atoms with Crippen LogP contribution in [0.25, 0.3) is 0 Å². The fraction of sp³-hybridized carbons (Fsp3) is 0.500. The van der Waals surface area contributed by atoms with Crippen molar-refractivity contribution in [1.82, 2.24) is 25.7 Å². The highest BCUT2D eigenvalue weighted by Gasteiger charge is 2.24. The van der Waals surface area contributed by atoms with Gasteiger partial charge in [-0.3, -0.25) is 39.3 Å². The Morgan fingerprint density at radius 1 is 0.731 bits per heavy atom. The molecule has 0 spiro atoms. The Bertz CT molecular complexity index is 2200. The maximum Gasteiger partial charge on any atom is 0.254 e. The summed E-state index contributed by atoms with van der Waals surface area (Å²) in [6.45, 7) is 1.92. The summed E-state index contributed by atoms with van der Waals surface area (Å²) < 4.78 is 36.4. The number of hydrogen-bond acceptors (Lipinski definition) is 14. The standard InChI is InChI=1S/C24H34N4O6.C24H31N3O6/c1-28-23-19(14-25-28)16-33-15-18-11-17(12-20(13-18)32-2)7-6-10-34-21(24(30)26-23)8-4-3-5-9-22(29)27-31;1-31-19-13-17-6-5-11-32-22(7-3-2-4-8-23(28)27-30)24(29)26-20-15-25-10-9-21(20)33-16-18(12-17)14-19/h11-14,21,31H,3-10,15-16H2,1-2H3,(H,26,30)(H,27,29);9-10,12-15,22,30H,2-8,11,16H2,1H3,(H,26,29)(H,27,28). The van der Waals surface area contributed by atoms with E-state index in [1.165, 1.54) is 0 Å². The summed E-state index contributed by atoms with van der Waals surface area (Å²) >= 11 is 0. The fourth-order valence-electron chi connectivity index (χ4n) is 7.63. The molecule has 4 bridgehead atoms. The van der Waals surface area contributed by atoms with E-state index in [2.05, 4.69) is 32.8 Å². The summed E-state index contributed by atoms with van der Waals surface area (Å²) in [5.41, 5.74) is 8.76. The summed E-state index contributed by atoms with van der Waals surface area (Å²) in [4.78, 5) is 52.5. The molecule has 4 heterocycles. The molecule has 0 saturated heterocycles. The lowest BCUT2D eigenvalue weighted by atomic mass is 10.1. The predicted molar refractivity (Wildman–Crippen MR) is 246 cm³/mol. The number of amides is 4. The van der Waals surface area contributed by atoms with Crippen molar-refractivity contribution < 1.29 is 58.0 Å². The number of fused-ring (bicyclic) bond motifs is 6. The number of aromatic nitrogens is 3. The molecule has 2 aliphatic heterocycles. The van der Waals surface area contributed by atoms with Crippen molar-refractivity contribution in [3.8, 4) is 17.2 Å². The van der Waals surface area contributed by atoms with Gasteiger partial charge >= 0.3 is 0 Å². The molecule has 0 radical (unpaired) electrons. The number of hydrogen-bond donors (Lipinski definition) is 6. The van der Waals surface area contributed by atoms with Crippen molar-refractivity contribution in [2.45, 2.75) is 122 Å². The normalized spacial score (nSPS) is 16.9. The molecule has 19 heteroatoms. The molecule has 0 saturated carbocycles. The van der Waals surface area contributed by atoms with Crippen molar-refractivity contribution in [3.63, 3.8) is 0 Å². The van der Waals surface area contributed by atoms with Crippen LogP contribution >= 0.6 is 0 Å². The van der Waals surface area contributed by atoms with Crippen molar-refractivity contribution in [2.75, 3.05) is 38.1 Å². The second kappa shape index (κ2) is 28.1. The lowest BCUT2D eigenvalue weighted by Crippen LogP contribution is -2.32. The van der Waals surface area contributed by atoms with Crippen LogP contribution in [-0.4, -0.2) is 88.4 Å².